The van der Waals surface area contributed by atoms with E-state index in [9.17, 15) is 0 Å². The summed E-state index contributed by atoms with van der Waals surface area (Å²) in [5.74, 6) is 0. The molecule has 0 saturated carbocycles. The van der Waals surface area contributed by atoms with Crippen molar-refractivity contribution in [3.8, 4) is 61.8 Å². The van der Waals surface area contributed by atoms with Crippen LogP contribution in [-0.2, 0) is 0 Å². The Hall–Kier alpha value is -9.25. The van der Waals surface area contributed by atoms with Crippen LogP contribution in [0.4, 0.5) is 0 Å². The summed E-state index contributed by atoms with van der Waals surface area (Å²) in [6.07, 6.45) is 0. The van der Waals surface area contributed by atoms with E-state index in [0.717, 1.165) is 61.8 Å². The molecule has 0 radical (unpaired) electrons. The summed E-state index contributed by atoms with van der Waals surface area (Å²) < 4.78 is 7.23. The van der Waals surface area contributed by atoms with E-state index in [4.69, 9.17) is 4.98 Å². The van der Waals surface area contributed by atoms with Crippen LogP contribution in [0.1, 0.15) is 0 Å². The van der Waals surface area contributed by atoms with E-state index >= 15 is 0 Å². The SMILES string of the molecule is c1ccc(-c2cc(-c3cc(-n4c5ccccc5c5ccccc54)cc(-n4c5ccccc5c5ccccc54)c3)cc(-c3ccc(-c4ccc(-n5c6ccccc6c6ccccc65)cc4)cc3)n2)cc1. The molecule has 0 bridgehead atoms. The van der Waals surface area contributed by atoms with Gasteiger partial charge in [0.1, 0.15) is 0 Å². The van der Waals surface area contributed by atoms with Crippen molar-refractivity contribution < 1.29 is 0 Å². The zero-order chi connectivity index (χ0) is 45.4. The lowest BCUT2D eigenvalue weighted by Crippen LogP contribution is -2.00. The molecule has 69 heavy (non-hydrogen) atoms. The van der Waals surface area contributed by atoms with Gasteiger partial charge < -0.3 is 13.7 Å². The molecule has 0 N–H and O–H groups in total. The van der Waals surface area contributed by atoms with Crippen molar-refractivity contribution in [3.05, 3.63) is 255 Å². The first-order valence-electron chi connectivity index (χ1n) is 23.6. The number of aromatic nitrogens is 4. The first-order valence-corrected chi connectivity index (χ1v) is 23.6. The van der Waals surface area contributed by atoms with Gasteiger partial charge in [-0.05, 0) is 101 Å². The van der Waals surface area contributed by atoms with Crippen LogP contribution in [0.5, 0.6) is 0 Å². The third-order valence-electron chi connectivity index (χ3n) is 14.0. The number of rotatable bonds is 7. The Morgan fingerprint density at radius 3 is 0.884 bits per heavy atom. The molecular formula is C65H42N4. The van der Waals surface area contributed by atoms with E-state index < -0.39 is 0 Å². The Balaban J connectivity index is 0.924. The molecule has 0 spiro atoms. The molecule has 14 rings (SSSR count). The fourth-order valence-electron chi connectivity index (χ4n) is 10.9. The predicted octanol–water partition coefficient (Wildman–Crippen LogP) is 17.0. The van der Waals surface area contributed by atoms with Gasteiger partial charge >= 0.3 is 0 Å². The normalized spacial score (nSPS) is 11.8. The topological polar surface area (TPSA) is 27.7 Å². The standard InChI is InChI=1S/C65H42N4/c1-2-16-45(17-3-1)58-40-48(41-59(66-58)46-32-30-43(31-33-46)44-34-36-49(37-35-44)67-60-24-10-4-18-52(60)53-19-5-11-25-61(53)67)47-38-50(68-62-26-12-6-20-54(62)55-21-7-13-27-63(55)68)42-51(39-47)69-64-28-14-8-22-56(64)57-23-9-15-29-65(57)69/h1-42H. The second-order valence-corrected chi connectivity index (χ2v) is 18.0. The molecule has 0 atom stereocenters. The van der Waals surface area contributed by atoms with Crippen LogP contribution in [0.2, 0.25) is 0 Å². The highest BCUT2D eigenvalue weighted by atomic mass is 15.0. The highest BCUT2D eigenvalue weighted by Gasteiger charge is 2.19. The fourth-order valence-corrected chi connectivity index (χ4v) is 10.9. The number of para-hydroxylation sites is 6. The maximum absolute atomic E-state index is 5.39. The third-order valence-corrected chi connectivity index (χ3v) is 14.0. The smallest absolute Gasteiger partial charge is 0.0715 e. The summed E-state index contributed by atoms with van der Waals surface area (Å²) in [7, 11) is 0. The molecule has 14 aromatic rings. The Kier molecular flexibility index (Phi) is 8.86. The Bertz CT molecular complexity index is 3990. The lowest BCUT2D eigenvalue weighted by Gasteiger charge is -2.17. The maximum Gasteiger partial charge on any atom is 0.0715 e. The minimum atomic E-state index is 0.917. The Morgan fingerprint density at radius 2 is 0.493 bits per heavy atom. The molecule has 4 heterocycles. The molecule has 322 valence electrons. The van der Waals surface area contributed by atoms with Crippen molar-refractivity contribution in [2.45, 2.75) is 0 Å². The van der Waals surface area contributed by atoms with Crippen LogP contribution >= 0.6 is 0 Å². The van der Waals surface area contributed by atoms with Crippen molar-refractivity contribution in [1.29, 1.82) is 0 Å². The van der Waals surface area contributed by atoms with E-state index in [0.29, 0.717) is 0 Å². The first kappa shape index (κ1) is 39.0. The zero-order valence-corrected chi connectivity index (χ0v) is 37.5. The zero-order valence-electron chi connectivity index (χ0n) is 37.5. The molecule has 0 unspecified atom stereocenters. The van der Waals surface area contributed by atoms with Crippen LogP contribution in [0.15, 0.2) is 255 Å². The molecular weight excluding hydrogens is 837 g/mol. The summed E-state index contributed by atoms with van der Waals surface area (Å²) in [4.78, 5) is 5.39. The fraction of sp³-hybridized carbons (Fsp3) is 0. The minimum absolute atomic E-state index is 0.917. The van der Waals surface area contributed by atoms with Crippen molar-refractivity contribution in [2.24, 2.45) is 0 Å². The largest absolute Gasteiger partial charge is 0.309 e. The molecule has 4 nitrogen and oxygen atoms in total. The van der Waals surface area contributed by atoms with Crippen LogP contribution < -0.4 is 0 Å². The van der Waals surface area contributed by atoms with Gasteiger partial charge in [-0.1, -0.05) is 176 Å². The molecule has 4 heteroatoms. The first-order chi connectivity index (χ1) is 34.2. The van der Waals surface area contributed by atoms with Crippen LogP contribution in [-0.4, -0.2) is 18.7 Å². The second-order valence-electron chi connectivity index (χ2n) is 18.0. The molecule has 0 amide bonds. The van der Waals surface area contributed by atoms with Crippen LogP contribution in [0.3, 0.4) is 0 Å². The van der Waals surface area contributed by atoms with Crippen molar-refractivity contribution in [3.63, 3.8) is 0 Å². The summed E-state index contributed by atoms with van der Waals surface area (Å²) in [6, 6.07) is 92.3. The van der Waals surface area contributed by atoms with Gasteiger partial charge in [0.2, 0.25) is 0 Å². The van der Waals surface area contributed by atoms with E-state index in [1.807, 2.05) is 0 Å². The molecule has 4 aromatic heterocycles. The van der Waals surface area contributed by atoms with Gasteiger partial charge in [0.05, 0.1) is 44.5 Å². The van der Waals surface area contributed by atoms with Gasteiger partial charge in [-0.3, -0.25) is 0 Å². The van der Waals surface area contributed by atoms with Gasteiger partial charge in [0.25, 0.3) is 0 Å². The number of benzene rings is 10. The molecule has 0 aliphatic rings. The highest BCUT2D eigenvalue weighted by Crippen LogP contribution is 2.40. The quantitative estimate of drug-likeness (QED) is 0.157. The summed E-state index contributed by atoms with van der Waals surface area (Å²) in [5, 5.41) is 7.46. The molecule has 0 saturated heterocycles. The molecule has 0 aliphatic carbocycles. The number of hydrogen-bond acceptors (Lipinski definition) is 1. The lowest BCUT2D eigenvalue weighted by atomic mass is 9.97. The van der Waals surface area contributed by atoms with Crippen molar-refractivity contribution >= 4 is 65.4 Å². The third kappa shape index (κ3) is 6.34. The van der Waals surface area contributed by atoms with Crippen LogP contribution in [0, 0.1) is 0 Å². The lowest BCUT2D eigenvalue weighted by molar-refractivity contribution is 1.13. The van der Waals surface area contributed by atoms with E-state index in [2.05, 4.69) is 268 Å². The number of nitrogens with zero attached hydrogens (tertiary/aromatic N) is 4. The average Bonchev–Trinajstić information content (AvgIpc) is 4.07. The van der Waals surface area contributed by atoms with E-state index in [1.54, 1.807) is 0 Å². The Labute approximate surface area is 398 Å². The average molecular weight is 879 g/mol. The molecule has 10 aromatic carbocycles. The summed E-state index contributed by atoms with van der Waals surface area (Å²) in [5.41, 5.74) is 18.9. The molecule has 0 aliphatic heterocycles. The van der Waals surface area contributed by atoms with Gasteiger partial charge in [-0.25, -0.2) is 4.98 Å². The van der Waals surface area contributed by atoms with Gasteiger partial charge in [0, 0.05) is 60.5 Å². The second kappa shape index (κ2) is 15.7. The Morgan fingerprint density at radius 1 is 0.203 bits per heavy atom. The van der Waals surface area contributed by atoms with Gasteiger partial charge in [0.15, 0.2) is 0 Å². The predicted molar refractivity (Wildman–Crippen MR) is 289 cm³/mol. The van der Waals surface area contributed by atoms with Crippen molar-refractivity contribution in [2.75, 3.05) is 0 Å². The van der Waals surface area contributed by atoms with E-state index in [-0.39, 0.29) is 0 Å². The highest BCUT2D eigenvalue weighted by molar-refractivity contribution is 6.11. The number of fused-ring (bicyclic) bond motifs is 9. The number of hydrogen-bond donors (Lipinski definition) is 0. The monoisotopic (exact) mass is 878 g/mol. The van der Waals surface area contributed by atoms with Crippen molar-refractivity contribution in [1.82, 2.24) is 18.7 Å². The number of pyridine rings is 1. The minimum Gasteiger partial charge on any atom is -0.309 e. The van der Waals surface area contributed by atoms with Gasteiger partial charge in [-0.2, -0.15) is 0 Å². The van der Waals surface area contributed by atoms with Gasteiger partial charge in [-0.15, -0.1) is 0 Å². The maximum atomic E-state index is 5.39. The molecule has 0 fully saturated rings. The summed E-state index contributed by atoms with van der Waals surface area (Å²) >= 11 is 0. The van der Waals surface area contributed by atoms with E-state index in [1.165, 1.54) is 65.4 Å². The summed E-state index contributed by atoms with van der Waals surface area (Å²) in [6.45, 7) is 0. The van der Waals surface area contributed by atoms with Crippen LogP contribution in [0.25, 0.3) is 127 Å².